The van der Waals surface area contributed by atoms with Gasteiger partial charge in [0.15, 0.2) is 5.82 Å². The fourth-order valence-corrected chi connectivity index (χ4v) is 3.85. The van der Waals surface area contributed by atoms with Crippen molar-refractivity contribution in [1.29, 1.82) is 0 Å². The molecule has 1 aromatic carbocycles. The van der Waals surface area contributed by atoms with Crippen LogP contribution < -0.4 is 10.6 Å². The van der Waals surface area contributed by atoms with Crippen molar-refractivity contribution >= 4 is 28.2 Å². The van der Waals surface area contributed by atoms with Gasteiger partial charge in [0, 0.05) is 36.4 Å². The number of halogens is 2. The van der Waals surface area contributed by atoms with E-state index < -0.39 is 11.6 Å². The quantitative estimate of drug-likeness (QED) is 0.384. The number of hydrogen-bond donors (Lipinski definition) is 2. The molecule has 34 heavy (non-hydrogen) atoms. The molecule has 4 aromatic rings. The highest BCUT2D eigenvalue weighted by molar-refractivity contribution is 5.93. The maximum Gasteiger partial charge on any atom is 0.162 e. The summed E-state index contributed by atoms with van der Waals surface area (Å²) >= 11 is 0. The molecule has 0 spiro atoms. The second-order valence-electron chi connectivity index (χ2n) is 8.67. The minimum atomic E-state index is -0.694. The lowest BCUT2D eigenvalue weighted by Crippen LogP contribution is -2.21. The van der Waals surface area contributed by atoms with E-state index in [2.05, 4.69) is 25.5 Å². The number of rotatable bonds is 8. The first-order chi connectivity index (χ1) is 16.5. The molecule has 1 fully saturated rings. The van der Waals surface area contributed by atoms with Crippen LogP contribution in [0, 0.1) is 11.6 Å². The monoisotopic (exact) mass is 461 g/mol. The number of nitrogens with one attached hydrogen (secondary N) is 2. The predicted molar refractivity (Wildman–Crippen MR) is 129 cm³/mol. The van der Waals surface area contributed by atoms with Crippen LogP contribution in [0.2, 0.25) is 0 Å². The Bertz CT molecular complexity index is 1320. The summed E-state index contributed by atoms with van der Waals surface area (Å²) in [5.74, 6) is 0.636. The van der Waals surface area contributed by atoms with Gasteiger partial charge in [-0.15, -0.1) is 0 Å². The van der Waals surface area contributed by atoms with Crippen LogP contribution in [0.5, 0.6) is 0 Å². The Morgan fingerprint density at radius 2 is 1.85 bits per heavy atom. The number of nitrogens with zero attached hydrogens (tertiary/aromatic N) is 5. The highest BCUT2D eigenvalue weighted by atomic mass is 19.1. The van der Waals surface area contributed by atoms with Gasteiger partial charge < -0.3 is 15.5 Å². The number of anilines is 3. The summed E-state index contributed by atoms with van der Waals surface area (Å²) in [7, 11) is 4.04. The topological polar surface area (TPSA) is 78.9 Å². The van der Waals surface area contributed by atoms with E-state index in [1.54, 1.807) is 24.5 Å². The van der Waals surface area contributed by atoms with E-state index in [1.807, 2.05) is 20.3 Å². The van der Waals surface area contributed by atoms with E-state index in [1.165, 1.54) is 23.8 Å². The molecular weight excluding hydrogens is 436 g/mol. The molecule has 1 saturated carbocycles. The van der Waals surface area contributed by atoms with Crippen molar-refractivity contribution in [2.24, 2.45) is 0 Å². The largest absolute Gasteiger partial charge is 0.368 e. The molecule has 1 aliphatic carbocycles. The Labute approximate surface area is 196 Å². The summed E-state index contributed by atoms with van der Waals surface area (Å²) in [6.07, 6.45) is 7.51. The Morgan fingerprint density at radius 1 is 1.06 bits per heavy atom. The lowest BCUT2D eigenvalue weighted by molar-refractivity contribution is 0.425. The van der Waals surface area contributed by atoms with Crippen LogP contribution in [0.15, 0.2) is 48.9 Å². The minimum absolute atomic E-state index is 0.254. The number of hydrogen-bond acceptors (Lipinski definition) is 7. The van der Waals surface area contributed by atoms with Gasteiger partial charge in [0.2, 0.25) is 0 Å². The molecule has 3 heterocycles. The van der Waals surface area contributed by atoms with Crippen molar-refractivity contribution in [3.63, 3.8) is 0 Å². The minimum Gasteiger partial charge on any atom is -0.368 e. The molecule has 0 atom stereocenters. The Hall–Kier alpha value is -3.72. The van der Waals surface area contributed by atoms with Crippen molar-refractivity contribution in [1.82, 2.24) is 24.8 Å². The summed E-state index contributed by atoms with van der Waals surface area (Å²) in [5, 5.41) is 7.20. The number of para-hydroxylation sites is 1. The molecule has 0 unspecified atom stereocenters. The van der Waals surface area contributed by atoms with Crippen LogP contribution in [-0.4, -0.2) is 52.0 Å². The SMILES string of the molecule is CN(C)CCNc1nc(-c2ccnc(Nc3c(F)cccc3F)c2)nc2cncc(C3CC3)c12. The van der Waals surface area contributed by atoms with Crippen molar-refractivity contribution in [2.45, 2.75) is 18.8 Å². The zero-order valence-electron chi connectivity index (χ0n) is 19.0. The van der Waals surface area contributed by atoms with E-state index >= 15 is 0 Å². The maximum absolute atomic E-state index is 14.1. The molecule has 0 bridgehead atoms. The van der Waals surface area contributed by atoms with Crippen LogP contribution in [0.4, 0.5) is 26.1 Å². The number of likely N-dealkylation sites (N-methyl/N-ethyl adjacent to an activating group) is 1. The van der Waals surface area contributed by atoms with Crippen molar-refractivity contribution in [3.8, 4) is 11.4 Å². The Kier molecular flexibility index (Phi) is 6.02. The van der Waals surface area contributed by atoms with E-state index in [0.29, 0.717) is 17.3 Å². The average Bonchev–Trinajstić information content (AvgIpc) is 3.66. The zero-order chi connectivity index (χ0) is 23.7. The van der Waals surface area contributed by atoms with Gasteiger partial charge in [-0.1, -0.05) is 6.07 Å². The third kappa shape index (κ3) is 4.65. The predicted octanol–water partition coefficient (Wildman–Crippen LogP) is 4.96. The smallest absolute Gasteiger partial charge is 0.162 e. The van der Waals surface area contributed by atoms with Crippen molar-refractivity contribution in [2.75, 3.05) is 37.8 Å². The van der Waals surface area contributed by atoms with Crippen molar-refractivity contribution in [3.05, 3.63) is 66.1 Å². The maximum atomic E-state index is 14.1. The van der Waals surface area contributed by atoms with Gasteiger partial charge in [0.1, 0.15) is 29.0 Å². The van der Waals surface area contributed by atoms with Crippen LogP contribution in [0.25, 0.3) is 22.3 Å². The molecule has 0 saturated heterocycles. The van der Waals surface area contributed by atoms with Gasteiger partial charge in [0.25, 0.3) is 0 Å². The lowest BCUT2D eigenvalue weighted by Gasteiger charge is -2.15. The van der Waals surface area contributed by atoms with Gasteiger partial charge in [-0.25, -0.2) is 23.7 Å². The summed E-state index contributed by atoms with van der Waals surface area (Å²) in [6.45, 7) is 1.57. The second-order valence-corrected chi connectivity index (χ2v) is 8.67. The van der Waals surface area contributed by atoms with Gasteiger partial charge in [-0.05, 0) is 62.7 Å². The molecule has 0 amide bonds. The zero-order valence-corrected chi connectivity index (χ0v) is 19.0. The van der Waals surface area contributed by atoms with Crippen LogP contribution in [0.1, 0.15) is 24.3 Å². The van der Waals surface area contributed by atoms with E-state index in [-0.39, 0.29) is 11.5 Å². The summed E-state index contributed by atoms with van der Waals surface area (Å²) in [6, 6.07) is 7.15. The Morgan fingerprint density at radius 3 is 2.59 bits per heavy atom. The first-order valence-corrected chi connectivity index (χ1v) is 11.2. The van der Waals surface area contributed by atoms with Gasteiger partial charge in [-0.2, -0.15) is 0 Å². The molecule has 2 N–H and O–H groups in total. The highest BCUT2D eigenvalue weighted by Crippen LogP contribution is 2.44. The Balaban J connectivity index is 1.54. The second kappa shape index (κ2) is 9.26. The van der Waals surface area contributed by atoms with Crippen molar-refractivity contribution < 1.29 is 8.78 Å². The van der Waals surface area contributed by atoms with Gasteiger partial charge in [0.05, 0.1) is 11.7 Å². The molecule has 174 valence electrons. The van der Waals surface area contributed by atoms with E-state index in [0.717, 1.165) is 42.7 Å². The number of aromatic nitrogens is 4. The highest BCUT2D eigenvalue weighted by Gasteiger charge is 2.27. The summed E-state index contributed by atoms with van der Waals surface area (Å²) in [4.78, 5) is 20.4. The summed E-state index contributed by atoms with van der Waals surface area (Å²) in [5.41, 5.74) is 2.34. The lowest BCUT2D eigenvalue weighted by atomic mass is 10.1. The molecule has 3 aromatic heterocycles. The molecule has 7 nitrogen and oxygen atoms in total. The van der Waals surface area contributed by atoms with E-state index in [9.17, 15) is 8.78 Å². The standard InChI is InChI=1S/C25H25F2N7/c1-34(2)11-10-30-25-22-17(15-6-7-15)13-28-14-20(22)31-24(33-25)16-8-9-29-21(12-16)32-23-18(26)4-3-5-19(23)27/h3-5,8-9,12-15H,6-7,10-11H2,1-2H3,(H,29,32)(H,30,31,33). The normalized spacial score (nSPS) is 13.4. The van der Waals surface area contributed by atoms with Gasteiger partial charge in [-0.3, -0.25) is 4.98 Å². The average molecular weight is 462 g/mol. The summed E-state index contributed by atoms with van der Waals surface area (Å²) < 4.78 is 28.2. The molecule has 0 aliphatic heterocycles. The molecule has 5 rings (SSSR count). The molecule has 0 radical (unpaired) electrons. The fourth-order valence-electron chi connectivity index (χ4n) is 3.85. The molecule has 9 heteroatoms. The van der Waals surface area contributed by atoms with Gasteiger partial charge >= 0.3 is 0 Å². The number of benzene rings is 1. The van der Waals surface area contributed by atoms with E-state index in [4.69, 9.17) is 9.97 Å². The van der Waals surface area contributed by atoms with Crippen LogP contribution in [0.3, 0.4) is 0 Å². The van der Waals surface area contributed by atoms with Crippen LogP contribution >= 0.6 is 0 Å². The fraction of sp³-hybridized carbons (Fsp3) is 0.280. The number of pyridine rings is 2. The first-order valence-electron chi connectivity index (χ1n) is 11.2. The third-order valence-electron chi connectivity index (χ3n) is 5.74. The third-order valence-corrected chi connectivity index (χ3v) is 5.74. The van der Waals surface area contributed by atoms with Crippen LogP contribution in [-0.2, 0) is 0 Å². The number of fused-ring (bicyclic) bond motifs is 1. The molecular formula is C25H25F2N7. The molecule has 1 aliphatic rings. The first kappa shape index (κ1) is 22.1.